The van der Waals surface area contributed by atoms with Crippen molar-refractivity contribution in [1.82, 2.24) is 4.90 Å². The topological polar surface area (TPSA) is 23.6 Å². The van der Waals surface area contributed by atoms with Gasteiger partial charge in [0.25, 0.3) is 0 Å². The van der Waals surface area contributed by atoms with Crippen molar-refractivity contribution < 1.29 is 4.79 Å². The molecule has 4 heteroatoms. The standard InChI is InChI=1S/C15H22N2O.ClH/c1-5-10-16-12(3)15(18)17(13(16)4)14-9-7-6-8-11(14)2;/h6-9,12-13H,5,10H2,1-4H3;1H. The molecule has 2 unspecified atom stereocenters. The van der Waals surface area contributed by atoms with Gasteiger partial charge in [-0.15, -0.1) is 12.4 Å². The van der Waals surface area contributed by atoms with Crippen molar-refractivity contribution >= 4 is 24.0 Å². The molecule has 1 aromatic rings. The Morgan fingerprint density at radius 2 is 1.84 bits per heavy atom. The van der Waals surface area contributed by atoms with Crippen molar-refractivity contribution in [3.05, 3.63) is 29.8 Å². The number of para-hydroxylation sites is 1. The monoisotopic (exact) mass is 282 g/mol. The van der Waals surface area contributed by atoms with E-state index < -0.39 is 0 Å². The first-order chi connectivity index (χ1) is 8.57. The zero-order chi connectivity index (χ0) is 13.3. The van der Waals surface area contributed by atoms with E-state index in [1.54, 1.807) is 0 Å². The Morgan fingerprint density at radius 1 is 1.21 bits per heavy atom. The lowest BCUT2D eigenvalue weighted by Gasteiger charge is -2.28. The Bertz CT molecular complexity index is 450. The molecule has 1 saturated heterocycles. The summed E-state index contributed by atoms with van der Waals surface area (Å²) < 4.78 is 0. The van der Waals surface area contributed by atoms with Crippen molar-refractivity contribution in [2.24, 2.45) is 0 Å². The molecule has 0 spiro atoms. The second-order valence-electron chi connectivity index (χ2n) is 5.04. The highest BCUT2D eigenvalue weighted by molar-refractivity contribution is 6.00. The Labute approximate surface area is 122 Å². The van der Waals surface area contributed by atoms with E-state index in [-0.39, 0.29) is 30.5 Å². The third-order valence-corrected chi connectivity index (χ3v) is 3.80. The highest BCUT2D eigenvalue weighted by atomic mass is 35.5. The lowest BCUT2D eigenvalue weighted by Crippen LogP contribution is -2.38. The van der Waals surface area contributed by atoms with Gasteiger partial charge >= 0.3 is 0 Å². The van der Waals surface area contributed by atoms with Crippen LogP contribution in [0.15, 0.2) is 24.3 Å². The van der Waals surface area contributed by atoms with Gasteiger partial charge in [0.15, 0.2) is 0 Å². The van der Waals surface area contributed by atoms with Crippen molar-refractivity contribution in [3.8, 4) is 0 Å². The first kappa shape index (κ1) is 16.0. The van der Waals surface area contributed by atoms with Crippen LogP contribution in [0.5, 0.6) is 0 Å². The Morgan fingerprint density at radius 3 is 2.42 bits per heavy atom. The lowest BCUT2D eigenvalue weighted by atomic mass is 10.1. The maximum absolute atomic E-state index is 12.4. The van der Waals surface area contributed by atoms with Gasteiger partial charge in [-0.1, -0.05) is 25.1 Å². The van der Waals surface area contributed by atoms with Gasteiger partial charge in [0, 0.05) is 12.2 Å². The number of benzene rings is 1. The normalized spacial score (nSPS) is 23.6. The number of aryl methyl sites for hydroxylation is 1. The van der Waals surface area contributed by atoms with Crippen molar-refractivity contribution in [1.29, 1.82) is 0 Å². The molecule has 3 nitrogen and oxygen atoms in total. The maximum atomic E-state index is 12.4. The molecule has 1 amide bonds. The fraction of sp³-hybridized carbons (Fsp3) is 0.533. The fourth-order valence-electron chi connectivity index (χ4n) is 2.79. The largest absolute Gasteiger partial charge is 0.295 e. The number of carbonyl (C=O) groups is 1. The molecule has 1 aliphatic heterocycles. The molecule has 1 fully saturated rings. The van der Waals surface area contributed by atoms with Crippen molar-refractivity contribution in [2.45, 2.75) is 46.3 Å². The van der Waals surface area contributed by atoms with Gasteiger partial charge < -0.3 is 0 Å². The Kier molecular flexibility index (Phi) is 5.39. The van der Waals surface area contributed by atoms with Gasteiger partial charge in [0.2, 0.25) is 5.91 Å². The molecular weight excluding hydrogens is 260 g/mol. The summed E-state index contributed by atoms with van der Waals surface area (Å²) in [6.07, 6.45) is 1.22. The third-order valence-electron chi connectivity index (χ3n) is 3.80. The summed E-state index contributed by atoms with van der Waals surface area (Å²) in [5.74, 6) is 0.213. The average molecular weight is 283 g/mol. The zero-order valence-corrected chi connectivity index (χ0v) is 12.9. The molecule has 2 atom stereocenters. The minimum Gasteiger partial charge on any atom is -0.295 e. The Balaban J connectivity index is 0.00000180. The van der Waals surface area contributed by atoms with Gasteiger partial charge in [0.1, 0.15) is 0 Å². The van der Waals surface area contributed by atoms with E-state index >= 15 is 0 Å². The van der Waals surface area contributed by atoms with Gasteiger partial charge in [-0.2, -0.15) is 0 Å². The number of nitrogens with zero attached hydrogens (tertiary/aromatic N) is 2. The minimum absolute atomic E-state index is 0. The summed E-state index contributed by atoms with van der Waals surface area (Å²) in [5, 5.41) is 0. The van der Waals surface area contributed by atoms with Crippen LogP contribution in [0.3, 0.4) is 0 Å². The smallest absolute Gasteiger partial charge is 0.245 e. The van der Waals surface area contributed by atoms with Crippen LogP contribution in [0.2, 0.25) is 0 Å². The number of halogens is 1. The molecule has 0 bridgehead atoms. The van der Waals surface area contributed by atoms with Crippen LogP contribution in [-0.2, 0) is 4.79 Å². The fourth-order valence-corrected chi connectivity index (χ4v) is 2.79. The van der Waals surface area contributed by atoms with E-state index in [0.717, 1.165) is 24.2 Å². The highest BCUT2D eigenvalue weighted by Crippen LogP contribution is 2.30. The summed E-state index contributed by atoms with van der Waals surface area (Å²) in [6, 6.07) is 8.08. The third kappa shape index (κ3) is 2.77. The molecule has 0 aromatic heterocycles. The number of hydrogen-bond acceptors (Lipinski definition) is 2. The minimum atomic E-state index is -0.0143. The summed E-state index contributed by atoms with van der Waals surface area (Å²) >= 11 is 0. The SMILES string of the molecule is CCCN1C(C)C(=O)N(c2ccccc2C)C1C.Cl. The molecule has 2 rings (SSSR count). The number of carbonyl (C=O) groups excluding carboxylic acids is 1. The summed E-state index contributed by atoms with van der Waals surface area (Å²) in [4.78, 5) is 16.7. The first-order valence-corrected chi connectivity index (χ1v) is 6.72. The van der Waals surface area contributed by atoms with E-state index in [0.29, 0.717) is 0 Å². The number of amides is 1. The molecule has 19 heavy (non-hydrogen) atoms. The van der Waals surface area contributed by atoms with Crippen LogP contribution < -0.4 is 4.90 Å². The number of hydrogen-bond donors (Lipinski definition) is 0. The maximum Gasteiger partial charge on any atom is 0.245 e. The van der Waals surface area contributed by atoms with Crippen LogP contribution in [-0.4, -0.2) is 29.6 Å². The second-order valence-corrected chi connectivity index (χ2v) is 5.04. The molecule has 1 heterocycles. The van der Waals surface area contributed by atoms with Crippen LogP contribution in [0.1, 0.15) is 32.8 Å². The molecule has 0 aliphatic carbocycles. The van der Waals surface area contributed by atoms with Crippen LogP contribution in [0.25, 0.3) is 0 Å². The molecule has 106 valence electrons. The second kappa shape index (κ2) is 6.40. The molecule has 1 aliphatic rings. The van der Waals surface area contributed by atoms with E-state index in [1.807, 2.05) is 30.0 Å². The molecule has 0 saturated carbocycles. The predicted octanol–water partition coefficient (Wildman–Crippen LogP) is 3.21. The molecular formula is C15H23ClN2O. The number of rotatable bonds is 3. The predicted molar refractivity (Wildman–Crippen MR) is 81.8 cm³/mol. The van der Waals surface area contributed by atoms with Gasteiger partial charge in [-0.25, -0.2) is 0 Å². The summed E-state index contributed by atoms with van der Waals surface area (Å²) in [7, 11) is 0. The Hall–Kier alpha value is -1.06. The van der Waals surface area contributed by atoms with Crippen LogP contribution >= 0.6 is 12.4 Å². The van der Waals surface area contributed by atoms with Crippen LogP contribution in [0.4, 0.5) is 5.69 Å². The van der Waals surface area contributed by atoms with Gasteiger partial charge in [-0.3, -0.25) is 14.6 Å². The van der Waals surface area contributed by atoms with E-state index in [9.17, 15) is 4.79 Å². The molecule has 0 radical (unpaired) electrons. The highest BCUT2D eigenvalue weighted by Gasteiger charge is 2.41. The van der Waals surface area contributed by atoms with Gasteiger partial charge in [-0.05, 0) is 38.8 Å². The summed E-state index contributed by atoms with van der Waals surface area (Å²) in [6.45, 7) is 9.30. The van der Waals surface area contributed by atoms with E-state index in [4.69, 9.17) is 0 Å². The van der Waals surface area contributed by atoms with Crippen molar-refractivity contribution in [2.75, 3.05) is 11.4 Å². The number of anilines is 1. The lowest BCUT2D eigenvalue weighted by molar-refractivity contribution is -0.119. The van der Waals surface area contributed by atoms with E-state index in [1.165, 1.54) is 0 Å². The van der Waals surface area contributed by atoms with Crippen molar-refractivity contribution in [3.63, 3.8) is 0 Å². The van der Waals surface area contributed by atoms with E-state index in [2.05, 4.69) is 31.7 Å². The molecule has 0 N–H and O–H groups in total. The first-order valence-electron chi connectivity index (χ1n) is 6.72. The van der Waals surface area contributed by atoms with Gasteiger partial charge in [0.05, 0.1) is 12.2 Å². The summed E-state index contributed by atoms with van der Waals surface area (Å²) in [5.41, 5.74) is 2.20. The molecule has 1 aromatic carbocycles. The zero-order valence-electron chi connectivity index (χ0n) is 12.1. The van der Waals surface area contributed by atoms with Crippen LogP contribution in [0, 0.1) is 6.92 Å². The quantitative estimate of drug-likeness (QED) is 0.850. The average Bonchev–Trinajstić information content (AvgIpc) is 2.55.